The number of nitrogens with zero attached hydrogens (tertiary/aromatic N) is 7. The molecule has 0 saturated carbocycles. The number of amides is 2. The van der Waals surface area contributed by atoms with Crippen molar-refractivity contribution in [2.24, 2.45) is 7.05 Å². The van der Waals surface area contributed by atoms with Gasteiger partial charge < -0.3 is 25.0 Å². The summed E-state index contributed by atoms with van der Waals surface area (Å²) in [4.78, 5) is 35.0. The van der Waals surface area contributed by atoms with Crippen LogP contribution >= 0.6 is 0 Å². The van der Waals surface area contributed by atoms with E-state index in [1.807, 2.05) is 66.9 Å². The smallest absolute Gasteiger partial charge is 0.256 e. The van der Waals surface area contributed by atoms with Crippen molar-refractivity contribution in [3.8, 4) is 0 Å². The summed E-state index contributed by atoms with van der Waals surface area (Å²) in [6.07, 6.45) is 1.97. The number of likely N-dealkylation sites (tertiary alicyclic amines) is 1. The van der Waals surface area contributed by atoms with Gasteiger partial charge in [0.25, 0.3) is 11.8 Å². The highest BCUT2D eigenvalue weighted by molar-refractivity contribution is 6.11. The second-order valence-electron chi connectivity index (χ2n) is 11.3. The van der Waals surface area contributed by atoms with Gasteiger partial charge in [0.05, 0.1) is 17.6 Å². The van der Waals surface area contributed by atoms with Gasteiger partial charge in [-0.2, -0.15) is 0 Å². The van der Waals surface area contributed by atoms with Crippen LogP contribution in [0.4, 0.5) is 11.6 Å². The van der Waals surface area contributed by atoms with E-state index in [9.17, 15) is 9.59 Å². The minimum Gasteiger partial charge on any atom is -0.378 e. The first-order valence-electron chi connectivity index (χ1n) is 14.8. The molecule has 13 nitrogen and oxygen atoms in total. The van der Waals surface area contributed by atoms with E-state index in [2.05, 4.69) is 31.3 Å². The molecular formula is C32H35N11O2. The van der Waals surface area contributed by atoms with E-state index in [0.717, 1.165) is 54.0 Å². The van der Waals surface area contributed by atoms with Crippen molar-refractivity contribution in [2.75, 3.05) is 30.4 Å². The first-order chi connectivity index (χ1) is 21.8. The third-order valence-electron chi connectivity index (χ3n) is 8.57. The molecule has 0 bridgehead atoms. The molecule has 1 aliphatic rings. The number of imidazole rings is 1. The number of hydrogen-bond donors (Lipinski definition) is 4. The average Bonchev–Trinajstić information content (AvgIpc) is 3.86. The van der Waals surface area contributed by atoms with Crippen molar-refractivity contribution in [2.45, 2.75) is 31.8 Å². The summed E-state index contributed by atoms with van der Waals surface area (Å²) >= 11 is 0. The second-order valence-corrected chi connectivity index (χ2v) is 11.3. The van der Waals surface area contributed by atoms with E-state index in [-0.39, 0.29) is 17.6 Å². The van der Waals surface area contributed by atoms with Crippen LogP contribution in [-0.2, 0) is 23.9 Å². The minimum absolute atomic E-state index is 0.00719. The number of aryl methyl sites for hydroxylation is 1. The van der Waals surface area contributed by atoms with Gasteiger partial charge >= 0.3 is 0 Å². The van der Waals surface area contributed by atoms with E-state index < -0.39 is 5.54 Å². The number of likely N-dealkylation sites (N-methyl/N-ethyl adjacent to an activating group) is 1. The Morgan fingerprint density at radius 3 is 2.44 bits per heavy atom. The summed E-state index contributed by atoms with van der Waals surface area (Å²) in [7, 11) is 3.78. The van der Waals surface area contributed by atoms with E-state index in [4.69, 9.17) is 10.4 Å². The molecule has 4 N–H and O–H groups in total. The number of amidine groups is 1. The molecule has 0 spiro atoms. The highest BCUT2D eigenvalue weighted by Gasteiger charge is 2.44. The molecule has 230 valence electrons. The van der Waals surface area contributed by atoms with Gasteiger partial charge in [-0.25, -0.2) is 10.1 Å². The molecule has 6 rings (SSSR count). The minimum atomic E-state index is -1.06. The van der Waals surface area contributed by atoms with E-state index in [1.165, 1.54) is 0 Å². The number of tetrazole rings is 1. The van der Waals surface area contributed by atoms with Crippen LogP contribution < -0.4 is 15.5 Å². The molecule has 1 saturated heterocycles. The zero-order valence-corrected chi connectivity index (χ0v) is 25.4. The summed E-state index contributed by atoms with van der Waals surface area (Å²) in [6.45, 7) is 3.81. The number of carbonyl (C=O) groups excluding carboxylic acids is 2. The molecule has 5 aromatic rings. The lowest BCUT2D eigenvalue weighted by atomic mass is 9.88. The maximum absolute atomic E-state index is 14.0. The van der Waals surface area contributed by atoms with E-state index >= 15 is 0 Å². The number of rotatable bonds is 9. The molecule has 1 atom stereocenters. The topological polar surface area (TPSA) is 161 Å². The van der Waals surface area contributed by atoms with Gasteiger partial charge in [-0.3, -0.25) is 15.0 Å². The summed E-state index contributed by atoms with van der Waals surface area (Å²) < 4.78 is 2.03. The highest BCUT2D eigenvalue weighted by atomic mass is 16.2. The quantitative estimate of drug-likeness (QED) is 0.147. The Morgan fingerprint density at radius 2 is 1.76 bits per heavy atom. The van der Waals surface area contributed by atoms with Gasteiger partial charge in [0, 0.05) is 44.0 Å². The zero-order valence-electron chi connectivity index (χ0n) is 25.4. The van der Waals surface area contributed by atoms with Gasteiger partial charge in [-0.15, -0.1) is 0 Å². The SMILES string of the molecule is CN(c1nnn[nH]1)[C@@](C)(C(=O)N1CCCC1)c1ccc2c(c1)nc(CNc1ccc(C(=N)NC(=O)c3ccccc3)cc1)n2C. The monoisotopic (exact) mass is 605 g/mol. The van der Waals surface area contributed by atoms with Crippen LogP contribution in [0.2, 0.25) is 0 Å². The van der Waals surface area contributed by atoms with Crippen molar-refractivity contribution in [1.82, 2.24) is 40.4 Å². The fraction of sp³-hybridized carbons (Fsp3) is 0.281. The first kappa shape index (κ1) is 29.5. The normalized spacial score (nSPS) is 14.2. The van der Waals surface area contributed by atoms with E-state index in [0.29, 0.717) is 23.6 Å². The molecule has 0 unspecified atom stereocenters. The first-order valence-corrected chi connectivity index (χ1v) is 14.8. The Morgan fingerprint density at radius 1 is 1.02 bits per heavy atom. The fourth-order valence-electron chi connectivity index (χ4n) is 5.69. The lowest BCUT2D eigenvalue weighted by Gasteiger charge is -2.39. The van der Waals surface area contributed by atoms with Crippen molar-refractivity contribution in [3.63, 3.8) is 0 Å². The van der Waals surface area contributed by atoms with Crippen LogP contribution in [0.3, 0.4) is 0 Å². The van der Waals surface area contributed by atoms with Gasteiger partial charge in [0.2, 0.25) is 5.95 Å². The molecule has 0 aliphatic carbocycles. The van der Waals surface area contributed by atoms with Gasteiger partial charge in [-0.1, -0.05) is 29.4 Å². The molecule has 1 aliphatic heterocycles. The molecule has 3 heterocycles. The summed E-state index contributed by atoms with van der Waals surface area (Å²) in [5, 5.41) is 28.6. The van der Waals surface area contributed by atoms with Crippen LogP contribution in [0, 0.1) is 5.41 Å². The summed E-state index contributed by atoms with van der Waals surface area (Å²) in [5.41, 5.74) is 3.38. The largest absolute Gasteiger partial charge is 0.378 e. The van der Waals surface area contributed by atoms with Crippen LogP contribution in [0.25, 0.3) is 11.0 Å². The standard InChI is InChI=1S/C32H35N11O2/c1-32(30(45)43-17-7-8-18-43,42(3)31-37-39-40-38-31)23-13-16-26-25(19-23)35-27(41(26)2)20-34-24-14-11-21(12-15-24)28(33)36-29(44)22-9-5-4-6-10-22/h4-6,9-16,19,34H,7-8,17-18,20H2,1-3H3,(H2,33,36,44)(H,37,38,39,40)/t32-/m1/s1. The molecule has 2 aromatic heterocycles. The van der Waals surface area contributed by atoms with Crippen molar-refractivity contribution < 1.29 is 9.59 Å². The van der Waals surface area contributed by atoms with Crippen molar-refractivity contribution in [1.29, 1.82) is 5.41 Å². The molecule has 0 radical (unpaired) electrons. The average molecular weight is 606 g/mol. The van der Waals surface area contributed by atoms with Crippen LogP contribution in [-0.4, -0.2) is 72.9 Å². The predicted molar refractivity (Wildman–Crippen MR) is 171 cm³/mol. The Hall–Kier alpha value is -5.59. The van der Waals surface area contributed by atoms with Crippen molar-refractivity contribution >= 4 is 40.3 Å². The molecule has 13 heteroatoms. The molecule has 3 aromatic carbocycles. The summed E-state index contributed by atoms with van der Waals surface area (Å²) in [6, 6.07) is 22.1. The lowest BCUT2D eigenvalue weighted by Crippen LogP contribution is -2.54. The summed E-state index contributed by atoms with van der Waals surface area (Å²) in [5.74, 6) is 0.912. The number of hydrogen-bond acceptors (Lipinski definition) is 9. The van der Waals surface area contributed by atoms with Crippen LogP contribution in [0.15, 0.2) is 72.8 Å². The number of benzene rings is 3. The fourth-order valence-corrected chi connectivity index (χ4v) is 5.69. The Bertz CT molecular complexity index is 1830. The van der Waals surface area contributed by atoms with Gasteiger partial charge in [0.1, 0.15) is 17.2 Å². The molecule has 1 fully saturated rings. The van der Waals surface area contributed by atoms with Crippen LogP contribution in [0.1, 0.15) is 47.1 Å². The number of H-pyrrole nitrogens is 1. The van der Waals surface area contributed by atoms with Crippen molar-refractivity contribution in [3.05, 3.63) is 95.3 Å². The number of nitrogens with one attached hydrogen (secondary N) is 4. The highest BCUT2D eigenvalue weighted by Crippen LogP contribution is 2.34. The predicted octanol–water partition coefficient (Wildman–Crippen LogP) is 3.43. The number of carbonyl (C=O) groups is 2. The number of aromatic amines is 1. The second kappa shape index (κ2) is 12.2. The van der Waals surface area contributed by atoms with Gasteiger partial charge in [0.15, 0.2) is 0 Å². The Labute approximate surface area is 260 Å². The molecule has 45 heavy (non-hydrogen) atoms. The third-order valence-corrected chi connectivity index (χ3v) is 8.57. The third kappa shape index (κ3) is 5.71. The maximum atomic E-state index is 14.0. The molecule has 2 amide bonds. The number of anilines is 2. The van der Waals surface area contributed by atoms with Crippen LogP contribution in [0.5, 0.6) is 0 Å². The molecular weight excluding hydrogens is 570 g/mol. The zero-order chi connectivity index (χ0) is 31.6. The Kier molecular flexibility index (Phi) is 7.98. The van der Waals surface area contributed by atoms with Gasteiger partial charge in [-0.05, 0) is 84.3 Å². The van der Waals surface area contributed by atoms with E-state index in [1.54, 1.807) is 41.3 Å². The lowest BCUT2D eigenvalue weighted by molar-refractivity contribution is -0.135. The Balaban J connectivity index is 1.19. The maximum Gasteiger partial charge on any atom is 0.256 e. The number of fused-ring (bicyclic) bond motifs is 1. The number of aromatic nitrogens is 6.